The Balaban J connectivity index is 3.27. The fraction of sp³-hybridized carbons (Fsp3) is 0.111. The van der Waals surface area contributed by atoms with E-state index < -0.39 is 17.7 Å². The Morgan fingerprint density at radius 3 is 2.62 bits per heavy atom. The molecule has 0 radical (unpaired) electrons. The molecule has 2 N–H and O–H groups in total. The van der Waals surface area contributed by atoms with Gasteiger partial charge in [0.1, 0.15) is 11.6 Å². The van der Waals surface area contributed by atoms with Crippen molar-refractivity contribution in [1.82, 2.24) is 0 Å². The van der Waals surface area contributed by atoms with E-state index in [1.807, 2.05) is 0 Å². The second-order valence-electron chi connectivity index (χ2n) is 2.55. The van der Waals surface area contributed by atoms with Crippen LogP contribution in [0.4, 0.5) is 8.78 Å². The fourth-order valence-electron chi connectivity index (χ4n) is 0.945. The summed E-state index contributed by atoms with van der Waals surface area (Å²) < 4.78 is 26.1. The molecular formula is C9H8F2IN. The van der Waals surface area contributed by atoms with Gasteiger partial charge in [0.05, 0.1) is 3.57 Å². The first-order valence-corrected chi connectivity index (χ1v) is 4.66. The van der Waals surface area contributed by atoms with E-state index in [4.69, 9.17) is 5.73 Å². The van der Waals surface area contributed by atoms with Crippen molar-refractivity contribution in [3.05, 3.63) is 45.6 Å². The first-order chi connectivity index (χ1) is 6.06. The molecule has 70 valence electrons. The topological polar surface area (TPSA) is 26.0 Å². The molecule has 1 aromatic rings. The molecular weight excluding hydrogens is 287 g/mol. The summed E-state index contributed by atoms with van der Waals surface area (Å²) in [4.78, 5) is 0. The van der Waals surface area contributed by atoms with Crippen LogP contribution < -0.4 is 5.73 Å². The van der Waals surface area contributed by atoms with E-state index in [0.717, 1.165) is 6.07 Å². The highest BCUT2D eigenvalue weighted by Crippen LogP contribution is 2.23. The van der Waals surface area contributed by atoms with Crippen LogP contribution in [0, 0.1) is 15.2 Å². The lowest BCUT2D eigenvalue weighted by Gasteiger charge is -2.09. The molecule has 4 heteroatoms. The molecule has 1 unspecified atom stereocenters. The van der Waals surface area contributed by atoms with Crippen molar-refractivity contribution in [3.8, 4) is 0 Å². The molecule has 0 saturated carbocycles. The highest BCUT2D eigenvalue weighted by molar-refractivity contribution is 14.1. The fourth-order valence-corrected chi connectivity index (χ4v) is 1.62. The largest absolute Gasteiger partial charge is 0.321 e. The Morgan fingerprint density at radius 2 is 2.08 bits per heavy atom. The SMILES string of the molecule is C=CC(N)c1cc(F)cc(F)c1I. The molecule has 0 spiro atoms. The summed E-state index contributed by atoms with van der Waals surface area (Å²) >= 11 is 1.79. The van der Waals surface area contributed by atoms with E-state index in [9.17, 15) is 8.78 Å². The lowest BCUT2D eigenvalue weighted by molar-refractivity contribution is 0.572. The summed E-state index contributed by atoms with van der Waals surface area (Å²) in [6.07, 6.45) is 1.44. The van der Waals surface area contributed by atoms with Gasteiger partial charge in [-0.3, -0.25) is 0 Å². The standard InChI is InChI=1S/C9H8F2IN/c1-2-8(13)6-3-5(10)4-7(11)9(6)12/h2-4,8H,1,13H2. The van der Waals surface area contributed by atoms with Gasteiger partial charge in [0.25, 0.3) is 0 Å². The van der Waals surface area contributed by atoms with Crippen molar-refractivity contribution in [2.24, 2.45) is 5.73 Å². The predicted molar refractivity (Wildman–Crippen MR) is 56.2 cm³/mol. The zero-order valence-electron chi connectivity index (χ0n) is 6.73. The molecule has 1 atom stereocenters. The van der Waals surface area contributed by atoms with Crippen LogP contribution in [0.3, 0.4) is 0 Å². The van der Waals surface area contributed by atoms with Crippen LogP contribution in [0.15, 0.2) is 24.8 Å². The van der Waals surface area contributed by atoms with Gasteiger partial charge in [-0.25, -0.2) is 8.78 Å². The molecule has 13 heavy (non-hydrogen) atoms. The Morgan fingerprint density at radius 1 is 1.46 bits per heavy atom. The van der Waals surface area contributed by atoms with Crippen LogP contribution in [0.5, 0.6) is 0 Å². The van der Waals surface area contributed by atoms with Crippen molar-refractivity contribution in [2.45, 2.75) is 6.04 Å². The predicted octanol–water partition coefficient (Wildman–Crippen LogP) is 2.76. The minimum Gasteiger partial charge on any atom is -0.321 e. The highest BCUT2D eigenvalue weighted by atomic mass is 127. The van der Waals surface area contributed by atoms with Crippen molar-refractivity contribution >= 4 is 22.6 Å². The molecule has 0 saturated heterocycles. The lowest BCUT2D eigenvalue weighted by atomic mass is 10.1. The highest BCUT2D eigenvalue weighted by Gasteiger charge is 2.12. The van der Waals surface area contributed by atoms with Gasteiger partial charge in [-0.15, -0.1) is 6.58 Å². The van der Waals surface area contributed by atoms with E-state index in [2.05, 4.69) is 6.58 Å². The normalized spacial score (nSPS) is 12.6. The molecule has 1 nitrogen and oxygen atoms in total. The molecule has 0 aliphatic carbocycles. The van der Waals surface area contributed by atoms with Crippen LogP contribution in [0.1, 0.15) is 11.6 Å². The quantitative estimate of drug-likeness (QED) is 0.507. The van der Waals surface area contributed by atoms with E-state index in [1.54, 1.807) is 22.6 Å². The molecule has 1 rings (SSSR count). The van der Waals surface area contributed by atoms with E-state index in [1.165, 1.54) is 12.1 Å². The van der Waals surface area contributed by atoms with Crippen molar-refractivity contribution in [1.29, 1.82) is 0 Å². The maximum atomic E-state index is 13.0. The molecule has 0 amide bonds. The molecule has 0 fully saturated rings. The van der Waals surface area contributed by atoms with Gasteiger partial charge in [-0.05, 0) is 34.2 Å². The zero-order chi connectivity index (χ0) is 10.0. The summed E-state index contributed by atoms with van der Waals surface area (Å²) in [5, 5.41) is 0. The molecule has 0 aliphatic heterocycles. The Bertz CT molecular complexity index is 339. The molecule has 0 heterocycles. The van der Waals surface area contributed by atoms with Crippen LogP contribution in [0.2, 0.25) is 0 Å². The summed E-state index contributed by atoms with van der Waals surface area (Å²) in [6.45, 7) is 3.46. The zero-order valence-corrected chi connectivity index (χ0v) is 8.89. The number of hydrogen-bond donors (Lipinski definition) is 1. The van der Waals surface area contributed by atoms with Gasteiger partial charge in [-0.2, -0.15) is 0 Å². The minimum atomic E-state index is -0.620. The third-order valence-corrected chi connectivity index (χ3v) is 2.77. The second kappa shape index (κ2) is 4.15. The Labute approximate surface area is 88.8 Å². The van der Waals surface area contributed by atoms with Gasteiger partial charge in [0.15, 0.2) is 0 Å². The minimum absolute atomic E-state index is 0.339. The van der Waals surface area contributed by atoms with E-state index in [0.29, 0.717) is 9.13 Å². The van der Waals surface area contributed by atoms with Crippen molar-refractivity contribution in [3.63, 3.8) is 0 Å². The van der Waals surface area contributed by atoms with Gasteiger partial charge < -0.3 is 5.73 Å². The van der Waals surface area contributed by atoms with E-state index >= 15 is 0 Å². The number of hydrogen-bond acceptors (Lipinski definition) is 1. The first kappa shape index (κ1) is 10.6. The Hall–Kier alpha value is -0.490. The summed E-state index contributed by atoms with van der Waals surface area (Å²) in [6, 6.07) is 1.52. The van der Waals surface area contributed by atoms with Gasteiger partial charge in [0.2, 0.25) is 0 Å². The maximum Gasteiger partial charge on any atom is 0.139 e. The molecule has 1 aromatic carbocycles. The lowest BCUT2D eigenvalue weighted by Crippen LogP contribution is -2.10. The number of halogens is 3. The summed E-state index contributed by atoms with van der Waals surface area (Å²) in [5.74, 6) is -1.21. The van der Waals surface area contributed by atoms with Crippen molar-refractivity contribution < 1.29 is 8.78 Å². The second-order valence-corrected chi connectivity index (χ2v) is 3.63. The number of rotatable bonds is 2. The third kappa shape index (κ3) is 2.25. The van der Waals surface area contributed by atoms with Gasteiger partial charge in [0, 0.05) is 12.1 Å². The average molecular weight is 295 g/mol. The van der Waals surface area contributed by atoms with Crippen LogP contribution in [0.25, 0.3) is 0 Å². The molecule has 0 aliphatic rings. The molecule has 0 bridgehead atoms. The maximum absolute atomic E-state index is 13.0. The smallest absolute Gasteiger partial charge is 0.139 e. The first-order valence-electron chi connectivity index (χ1n) is 3.59. The Kier molecular flexibility index (Phi) is 3.38. The van der Waals surface area contributed by atoms with Gasteiger partial charge >= 0.3 is 0 Å². The van der Waals surface area contributed by atoms with Crippen LogP contribution in [-0.2, 0) is 0 Å². The average Bonchev–Trinajstić information content (AvgIpc) is 2.10. The van der Waals surface area contributed by atoms with Crippen LogP contribution >= 0.6 is 22.6 Å². The van der Waals surface area contributed by atoms with Crippen molar-refractivity contribution in [2.75, 3.05) is 0 Å². The van der Waals surface area contributed by atoms with E-state index in [-0.39, 0.29) is 0 Å². The van der Waals surface area contributed by atoms with Gasteiger partial charge in [-0.1, -0.05) is 6.08 Å². The molecule has 0 aromatic heterocycles. The monoisotopic (exact) mass is 295 g/mol. The number of benzene rings is 1. The summed E-state index contributed by atoms with van der Waals surface area (Å²) in [7, 11) is 0. The number of nitrogens with two attached hydrogens (primary N) is 1. The third-order valence-electron chi connectivity index (χ3n) is 1.63. The summed E-state index contributed by atoms with van der Waals surface area (Å²) in [5.41, 5.74) is 6.00. The van der Waals surface area contributed by atoms with Crippen LogP contribution in [-0.4, -0.2) is 0 Å².